The predicted molar refractivity (Wildman–Crippen MR) is 90.5 cm³/mol. The molecule has 2 aromatic rings. The fourth-order valence-electron chi connectivity index (χ4n) is 2.86. The molecule has 0 bridgehead atoms. The van der Waals surface area contributed by atoms with Crippen LogP contribution in [0.3, 0.4) is 0 Å². The van der Waals surface area contributed by atoms with Gasteiger partial charge in [-0.2, -0.15) is 5.10 Å². The fourth-order valence-corrected chi connectivity index (χ4v) is 3.61. The van der Waals surface area contributed by atoms with Gasteiger partial charge in [-0.3, -0.25) is 9.48 Å². The zero-order valence-corrected chi connectivity index (χ0v) is 14.3. The van der Waals surface area contributed by atoms with Crippen LogP contribution in [0.15, 0.2) is 29.9 Å². The van der Waals surface area contributed by atoms with E-state index in [2.05, 4.69) is 22.6 Å². The minimum Gasteiger partial charge on any atom is -0.373 e. The lowest BCUT2D eigenvalue weighted by Gasteiger charge is -2.33. The molecular weight excluding hydrogens is 310 g/mol. The second-order valence-corrected chi connectivity index (χ2v) is 7.04. The summed E-state index contributed by atoms with van der Waals surface area (Å²) >= 11 is 1.76. The number of hydrogen-bond donors (Lipinski definition) is 0. The number of amides is 1. The molecule has 3 rings (SSSR count). The van der Waals surface area contributed by atoms with E-state index in [9.17, 15) is 4.79 Å². The Kier molecular flexibility index (Phi) is 5.46. The Balaban J connectivity index is 1.44. The molecule has 1 unspecified atom stereocenters. The number of carbonyl (C=O) groups is 1. The van der Waals surface area contributed by atoms with Gasteiger partial charge in [-0.25, -0.2) is 0 Å². The monoisotopic (exact) mass is 333 g/mol. The van der Waals surface area contributed by atoms with Crippen molar-refractivity contribution in [3.05, 3.63) is 40.3 Å². The molecule has 0 N–H and O–H groups in total. The van der Waals surface area contributed by atoms with Crippen LogP contribution in [-0.4, -0.2) is 46.4 Å². The number of aromatic nitrogens is 2. The van der Waals surface area contributed by atoms with Crippen molar-refractivity contribution < 1.29 is 9.53 Å². The van der Waals surface area contributed by atoms with Crippen LogP contribution in [0.1, 0.15) is 23.3 Å². The second kappa shape index (κ2) is 7.75. The largest absolute Gasteiger partial charge is 0.373 e. The number of ether oxygens (including phenoxy) is 1. The summed E-state index contributed by atoms with van der Waals surface area (Å²) in [5.41, 5.74) is 1.14. The molecule has 1 atom stereocenters. The normalized spacial score (nSPS) is 18.3. The quantitative estimate of drug-likeness (QED) is 0.816. The van der Waals surface area contributed by atoms with E-state index < -0.39 is 0 Å². The molecule has 1 fully saturated rings. The Morgan fingerprint density at radius 1 is 1.52 bits per heavy atom. The van der Waals surface area contributed by atoms with Gasteiger partial charge in [0.25, 0.3) is 0 Å². The van der Waals surface area contributed by atoms with Gasteiger partial charge in [-0.1, -0.05) is 6.07 Å². The maximum atomic E-state index is 12.4. The van der Waals surface area contributed by atoms with Crippen LogP contribution in [0, 0.1) is 6.92 Å². The summed E-state index contributed by atoms with van der Waals surface area (Å²) in [5, 5.41) is 6.38. The van der Waals surface area contributed by atoms with Crippen molar-refractivity contribution in [3.8, 4) is 0 Å². The smallest absolute Gasteiger partial charge is 0.222 e. The third-order valence-corrected chi connectivity index (χ3v) is 4.97. The molecule has 23 heavy (non-hydrogen) atoms. The maximum Gasteiger partial charge on any atom is 0.222 e. The van der Waals surface area contributed by atoms with Crippen LogP contribution in [-0.2, 0) is 22.5 Å². The summed E-state index contributed by atoms with van der Waals surface area (Å²) < 4.78 is 7.68. The minimum absolute atomic E-state index is 0.0318. The molecule has 1 saturated heterocycles. The van der Waals surface area contributed by atoms with Crippen molar-refractivity contribution in [3.63, 3.8) is 0 Å². The van der Waals surface area contributed by atoms with Gasteiger partial charge in [0, 0.05) is 30.6 Å². The molecule has 0 saturated carbocycles. The third-order valence-electron chi connectivity index (χ3n) is 4.04. The molecule has 0 aliphatic carbocycles. The fraction of sp³-hybridized carbons (Fsp3) is 0.529. The summed E-state index contributed by atoms with van der Waals surface area (Å²) in [5.74, 6) is 0.242. The molecule has 1 amide bonds. The first-order chi connectivity index (χ1) is 11.2. The Hall–Kier alpha value is -1.66. The molecule has 0 spiro atoms. The topological polar surface area (TPSA) is 47.4 Å². The van der Waals surface area contributed by atoms with E-state index >= 15 is 0 Å². The Morgan fingerprint density at radius 3 is 3.17 bits per heavy atom. The van der Waals surface area contributed by atoms with Crippen molar-refractivity contribution in [1.82, 2.24) is 14.7 Å². The molecule has 6 heteroatoms. The van der Waals surface area contributed by atoms with E-state index in [1.807, 2.05) is 28.9 Å². The highest BCUT2D eigenvalue weighted by molar-refractivity contribution is 7.09. The summed E-state index contributed by atoms with van der Waals surface area (Å²) in [6.45, 7) is 4.70. The maximum absolute atomic E-state index is 12.4. The SMILES string of the molecule is Cc1cnn(CC2CN(C(=O)CCCc3cccs3)CCO2)c1. The molecule has 3 heterocycles. The number of thiophene rings is 1. The van der Waals surface area contributed by atoms with Gasteiger partial charge in [0.15, 0.2) is 0 Å². The van der Waals surface area contributed by atoms with E-state index in [4.69, 9.17) is 4.74 Å². The third kappa shape index (κ3) is 4.65. The molecular formula is C17H23N3O2S. The number of rotatable bonds is 6. The summed E-state index contributed by atoms with van der Waals surface area (Å²) in [6.07, 6.45) is 6.40. The van der Waals surface area contributed by atoms with Crippen LogP contribution in [0.4, 0.5) is 0 Å². The second-order valence-electron chi connectivity index (χ2n) is 6.01. The number of hydrogen-bond acceptors (Lipinski definition) is 4. The number of aryl methyl sites for hydroxylation is 2. The van der Waals surface area contributed by atoms with Crippen molar-refractivity contribution in [2.45, 2.75) is 38.8 Å². The number of nitrogens with zero attached hydrogens (tertiary/aromatic N) is 3. The van der Waals surface area contributed by atoms with Crippen molar-refractivity contribution >= 4 is 17.2 Å². The van der Waals surface area contributed by atoms with Gasteiger partial charge in [0.1, 0.15) is 0 Å². The highest BCUT2D eigenvalue weighted by Crippen LogP contribution is 2.14. The van der Waals surface area contributed by atoms with Crippen LogP contribution < -0.4 is 0 Å². The zero-order chi connectivity index (χ0) is 16.1. The Labute approximate surface area is 140 Å². The Bertz CT molecular complexity index is 624. The number of morpholine rings is 1. The molecule has 1 aliphatic heterocycles. The summed E-state index contributed by atoms with van der Waals surface area (Å²) in [6, 6.07) is 4.19. The van der Waals surface area contributed by atoms with Crippen LogP contribution in [0.25, 0.3) is 0 Å². The lowest BCUT2D eigenvalue weighted by molar-refractivity contribution is -0.139. The van der Waals surface area contributed by atoms with Gasteiger partial charge in [0.05, 0.1) is 25.5 Å². The highest BCUT2D eigenvalue weighted by atomic mass is 32.1. The average Bonchev–Trinajstić information content (AvgIpc) is 3.19. The van der Waals surface area contributed by atoms with Gasteiger partial charge in [-0.15, -0.1) is 11.3 Å². The van der Waals surface area contributed by atoms with Crippen LogP contribution in [0.5, 0.6) is 0 Å². The lowest BCUT2D eigenvalue weighted by Crippen LogP contribution is -2.47. The number of carbonyl (C=O) groups excluding carboxylic acids is 1. The van der Waals surface area contributed by atoms with Crippen LogP contribution in [0.2, 0.25) is 0 Å². The first kappa shape index (κ1) is 16.2. The molecule has 0 radical (unpaired) electrons. The molecule has 5 nitrogen and oxygen atoms in total. The van der Waals surface area contributed by atoms with Gasteiger partial charge in [0.2, 0.25) is 5.91 Å². The van der Waals surface area contributed by atoms with Gasteiger partial charge in [-0.05, 0) is 36.8 Å². The van der Waals surface area contributed by atoms with E-state index in [1.54, 1.807) is 11.3 Å². The molecule has 124 valence electrons. The van der Waals surface area contributed by atoms with Gasteiger partial charge >= 0.3 is 0 Å². The van der Waals surface area contributed by atoms with Gasteiger partial charge < -0.3 is 9.64 Å². The van der Waals surface area contributed by atoms with Crippen molar-refractivity contribution in [1.29, 1.82) is 0 Å². The molecule has 1 aliphatic rings. The molecule has 2 aromatic heterocycles. The summed E-state index contributed by atoms with van der Waals surface area (Å²) in [4.78, 5) is 15.7. The van der Waals surface area contributed by atoms with Crippen LogP contribution >= 0.6 is 11.3 Å². The van der Waals surface area contributed by atoms with Crippen molar-refractivity contribution in [2.24, 2.45) is 0 Å². The lowest BCUT2D eigenvalue weighted by atomic mass is 10.2. The predicted octanol–water partition coefficient (Wildman–Crippen LogP) is 2.50. The standard InChI is InChI=1S/C17H23N3O2S/c1-14-10-18-20(11-14)13-15-12-19(7-8-22-15)17(21)6-2-4-16-5-3-9-23-16/h3,5,9-11,15H,2,4,6-8,12-13H2,1H3. The minimum atomic E-state index is 0.0318. The van der Waals surface area contributed by atoms with E-state index in [0.717, 1.165) is 18.4 Å². The molecule has 0 aromatic carbocycles. The zero-order valence-electron chi connectivity index (χ0n) is 13.5. The first-order valence-electron chi connectivity index (χ1n) is 8.11. The van der Waals surface area contributed by atoms with E-state index in [-0.39, 0.29) is 12.0 Å². The average molecular weight is 333 g/mol. The summed E-state index contributed by atoms with van der Waals surface area (Å²) in [7, 11) is 0. The first-order valence-corrected chi connectivity index (χ1v) is 8.99. The van der Waals surface area contributed by atoms with E-state index in [1.165, 1.54) is 4.88 Å². The van der Waals surface area contributed by atoms with Crippen molar-refractivity contribution in [2.75, 3.05) is 19.7 Å². The Morgan fingerprint density at radius 2 is 2.43 bits per heavy atom. The van der Waals surface area contributed by atoms with E-state index in [0.29, 0.717) is 32.7 Å². The highest BCUT2D eigenvalue weighted by Gasteiger charge is 2.24.